The fourth-order valence-corrected chi connectivity index (χ4v) is 2.62. The van der Waals surface area contributed by atoms with Crippen LogP contribution >= 0.6 is 0 Å². The second-order valence-corrected chi connectivity index (χ2v) is 5.61. The van der Waals surface area contributed by atoms with Gasteiger partial charge in [-0.15, -0.1) is 0 Å². The maximum absolute atomic E-state index is 5.83. The second kappa shape index (κ2) is 8.25. The lowest BCUT2D eigenvalue weighted by atomic mass is 10.0. The van der Waals surface area contributed by atoms with Crippen LogP contribution in [0.15, 0.2) is 18.2 Å². The first-order valence-corrected chi connectivity index (χ1v) is 7.83. The number of hydrogen-bond donors (Lipinski definition) is 1. The van der Waals surface area contributed by atoms with Gasteiger partial charge in [-0.2, -0.15) is 0 Å². The van der Waals surface area contributed by atoms with Gasteiger partial charge in [0.25, 0.3) is 0 Å². The van der Waals surface area contributed by atoms with Crippen molar-refractivity contribution in [1.29, 1.82) is 0 Å². The van der Waals surface area contributed by atoms with E-state index in [-0.39, 0.29) is 0 Å². The Balaban J connectivity index is 2.00. The van der Waals surface area contributed by atoms with Gasteiger partial charge in [-0.3, -0.25) is 0 Å². The fourth-order valence-electron chi connectivity index (χ4n) is 2.62. The van der Waals surface area contributed by atoms with Gasteiger partial charge in [-0.25, -0.2) is 0 Å². The molecule has 4 heteroatoms. The molecule has 0 spiro atoms. The van der Waals surface area contributed by atoms with Crippen molar-refractivity contribution < 1.29 is 14.2 Å². The first kappa shape index (κ1) is 16.1. The maximum Gasteiger partial charge on any atom is 0.142 e. The van der Waals surface area contributed by atoms with Gasteiger partial charge in [-0.05, 0) is 43.9 Å². The van der Waals surface area contributed by atoms with Gasteiger partial charge < -0.3 is 19.5 Å². The molecule has 2 atom stereocenters. The zero-order valence-corrected chi connectivity index (χ0v) is 13.4. The van der Waals surface area contributed by atoms with Crippen LogP contribution < -0.4 is 10.1 Å². The van der Waals surface area contributed by atoms with Crippen molar-refractivity contribution in [3.05, 3.63) is 23.8 Å². The van der Waals surface area contributed by atoms with E-state index in [1.54, 1.807) is 7.11 Å². The summed E-state index contributed by atoms with van der Waals surface area (Å²) in [5.74, 6) is 0.909. The van der Waals surface area contributed by atoms with Crippen molar-refractivity contribution in [2.24, 2.45) is 0 Å². The number of anilines is 1. The van der Waals surface area contributed by atoms with Gasteiger partial charge in [0.05, 0.1) is 18.4 Å². The Kier molecular flexibility index (Phi) is 6.33. The average Bonchev–Trinajstić information content (AvgIpc) is 2.50. The Morgan fingerprint density at radius 1 is 1.33 bits per heavy atom. The zero-order chi connectivity index (χ0) is 15.1. The van der Waals surface area contributed by atoms with Crippen LogP contribution in [0.2, 0.25) is 0 Å². The van der Waals surface area contributed by atoms with Gasteiger partial charge in [0.15, 0.2) is 0 Å². The van der Waals surface area contributed by atoms with Crippen molar-refractivity contribution in [2.45, 2.75) is 45.3 Å². The van der Waals surface area contributed by atoms with Crippen LogP contribution in [0.5, 0.6) is 5.75 Å². The second-order valence-electron chi connectivity index (χ2n) is 5.61. The highest BCUT2D eigenvalue weighted by Gasteiger charge is 2.22. The Morgan fingerprint density at radius 2 is 2.19 bits per heavy atom. The Hall–Kier alpha value is -1.26. The summed E-state index contributed by atoms with van der Waals surface area (Å²) in [5.41, 5.74) is 2.27. The van der Waals surface area contributed by atoms with Gasteiger partial charge >= 0.3 is 0 Å². The molecule has 2 unspecified atom stereocenters. The van der Waals surface area contributed by atoms with Crippen LogP contribution in [0.1, 0.15) is 31.7 Å². The molecule has 2 rings (SSSR count). The van der Waals surface area contributed by atoms with Crippen LogP contribution in [0.3, 0.4) is 0 Å². The van der Waals surface area contributed by atoms with Crippen LogP contribution in [0.25, 0.3) is 0 Å². The summed E-state index contributed by atoms with van der Waals surface area (Å²) in [6.07, 6.45) is 3.55. The molecule has 0 amide bonds. The van der Waals surface area contributed by atoms with Crippen molar-refractivity contribution in [2.75, 3.05) is 32.2 Å². The molecule has 1 aromatic rings. The van der Waals surface area contributed by atoms with E-state index in [2.05, 4.69) is 37.4 Å². The summed E-state index contributed by atoms with van der Waals surface area (Å²) in [6.45, 7) is 6.26. The molecule has 0 saturated carbocycles. The van der Waals surface area contributed by atoms with Crippen LogP contribution in [-0.4, -0.2) is 39.1 Å². The van der Waals surface area contributed by atoms with Gasteiger partial charge in [-0.1, -0.05) is 13.0 Å². The summed E-state index contributed by atoms with van der Waals surface area (Å²) >= 11 is 0. The number of aryl methyl sites for hydroxylation is 1. The molecule has 0 bridgehead atoms. The monoisotopic (exact) mass is 293 g/mol. The third-order valence-electron chi connectivity index (χ3n) is 3.86. The van der Waals surface area contributed by atoms with E-state index in [9.17, 15) is 0 Å². The standard InChI is InChI=1S/C17H27NO3/c1-4-15-12-14(7-8-20-15)18-16-6-5-13(2)11-17(16)21-10-9-19-3/h5-6,11,14-15,18H,4,7-10,12H2,1-3H3. The number of benzene rings is 1. The van der Waals surface area contributed by atoms with Crippen molar-refractivity contribution >= 4 is 5.69 Å². The van der Waals surface area contributed by atoms with Crippen LogP contribution in [0.4, 0.5) is 5.69 Å². The number of rotatable bonds is 7. The summed E-state index contributed by atoms with van der Waals surface area (Å²) < 4.78 is 16.6. The Bertz CT molecular complexity index is 436. The third kappa shape index (κ3) is 4.90. The maximum atomic E-state index is 5.83. The minimum atomic E-state index is 0.375. The molecule has 1 N–H and O–H groups in total. The average molecular weight is 293 g/mol. The molecule has 118 valence electrons. The number of methoxy groups -OCH3 is 1. The quantitative estimate of drug-likeness (QED) is 0.782. The van der Waals surface area contributed by atoms with Crippen LogP contribution in [0, 0.1) is 6.92 Å². The predicted octanol–water partition coefficient (Wildman–Crippen LogP) is 3.39. The molecule has 21 heavy (non-hydrogen) atoms. The van der Waals surface area contributed by atoms with Crippen molar-refractivity contribution in [3.63, 3.8) is 0 Å². The molecular formula is C17H27NO3. The van der Waals surface area contributed by atoms with E-state index in [0.717, 1.165) is 37.3 Å². The summed E-state index contributed by atoms with van der Waals surface area (Å²) in [7, 11) is 1.69. The van der Waals surface area contributed by atoms with Crippen molar-refractivity contribution in [1.82, 2.24) is 0 Å². The fraction of sp³-hybridized carbons (Fsp3) is 0.647. The van der Waals surface area contributed by atoms with E-state index < -0.39 is 0 Å². The van der Waals surface area contributed by atoms with Gasteiger partial charge in [0.1, 0.15) is 12.4 Å². The molecule has 1 fully saturated rings. The first-order chi connectivity index (χ1) is 10.2. The van der Waals surface area contributed by atoms with E-state index in [0.29, 0.717) is 25.4 Å². The lowest BCUT2D eigenvalue weighted by Gasteiger charge is -2.30. The lowest BCUT2D eigenvalue weighted by molar-refractivity contribution is 0.00921. The molecule has 1 saturated heterocycles. The molecule has 1 aliphatic rings. The summed E-state index contributed by atoms with van der Waals surface area (Å²) in [4.78, 5) is 0. The molecule has 1 aliphatic heterocycles. The molecule has 1 aromatic carbocycles. The van der Waals surface area contributed by atoms with Gasteiger partial charge in [0, 0.05) is 19.8 Å². The summed E-state index contributed by atoms with van der Waals surface area (Å²) in [5, 5.41) is 3.62. The van der Waals surface area contributed by atoms with Gasteiger partial charge in [0.2, 0.25) is 0 Å². The highest BCUT2D eigenvalue weighted by molar-refractivity contribution is 5.58. The van der Waals surface area contributed by atoms with E-state index in [1.807, 2.05) is 0 Å². The van der Waals surface area contributed by atoms with E-state index in [4.69, 9.17) is 14.2 Å². The topological polar surface area (TPSA) is 39.7 Å². The molecule has 4 nitrogen and oxygen atoms in total. The Morgan fingerprint density at radius 3 is 2.95 bits per heavy atom. The third-order valence-corrected chi connectivity index (χ3v) is 3.86. The number of ether oxygens (including phenoxy) is 3. The SMILES string of the molecule is CCC1CC(Nc2ccc(C)cc2OCCOC)CCO1. The molecule has 0 aliphatic carbocycles. The highest BCUT2D eigenvalue weighted by Crippen LogP contribution is 2.29. The minimum Gasteiger partial charge on any atom is -0.489 e. The lowest BCUT2D eigenvalue weighted by Crippen LogP contribution is -2.33. The highest BCUT2D eigenvalue weighted by atomic mass is 16.5. The molecule has 0 radical (unpaired) electrons. The van der Waals surface area contributed by atoms with Crippen LogP contribution in [-0.2, 0) is 9.47 Å². The predicted molar refractivity (Wildman–Crippen MR) is 85.2 cm³/mol. The minimum absolute atomic E-state index is 0.375. The summed E-state index contributed by atoms with van der Waals surface area (Å²) in [6, 6.07) is 6.75. The normalized spacial score (nSPS) is 22.0. The molecule has 0 aromatic heterocycles. The Labute approximate surface area is 127 Å². The van der Waals surface area contributed by atoms with E-state index >= 15 is 0 Å². The van der Waals surface area contributed by atoms with E-state index in [1.165, 1.54) is 5.56 Å². The smallest absolute Gasteiger partial charge is 0.142 e. The zero-order valence-electron chi connectivity index (χ0n) is 13.4. The van der Waals surface area contributed by atoms with Crippen molar-refractivity contribution in [3.8, 4) is 5.75 Å². The molecule has 1 heterocycles. The molecular weight excluding hydrogens is 266 g/mol. The number of hydrogen-bond acceptors (Lipinski definition) is 4. The number of nitrogens with one attached hydrogen (secondary N) is 1. The first-order valence-electron chi connectivity index (χ1n) is 7.83. The largest absolute Gasteiger partial charge is 0.489 e.